The molecule has 0 N–H and O–H groups in total. The molecule has 0 bridgehead atoms. The lowest BCUT2D eigenvalue weighted by Crippen LogP contribution is -2.21. The lowest BCUT2D eigenvalue weighted by atomic mass is 10.2. The molecule has 1 aromatic rings. The van der Waals surface area contributed by atoms with Crippen molar-refractivity contribution in [3.8, 4) is 0 Å². The van der Waals surface area contributed by atoms with Crippen LogP contribution in [0.2, 0.25) is 0 Å². The highest BCUT2D eigenvalue weighted by Crippen LogP contribution is 2.11. The molecule has 1 aromatic carbocycles. The molecule has 0 heterocycles. The van der Waals surface area contributed by atoms with E-state index in [4.69, 9.17) is 5.48 Å². The van der Waals surface area contributed by atoms with Crippen molar-refractivity contribution in [3.05, 3.63) is 34.2 Å². The van der Waals surface area contributed by atoms with Crippen LogP contribution in [0.4, 0.5) is 0 Å². The van der Waals surface area contributed by atoms with E-state index in [1.807, 2.05) is 0 Å². The van der Waals surface area contributed by atoms with Crippen LogP contribution in [-0.2, 0) is 0 Å². The van der Waals surface area contributed by atoms with Crippen LogP contribution >= 0.6 is 15.9 Å². The fraction of sp³-hybridized carbons (Fsp3) is 0.222. The molecule has 0 aliphatic heterocycles. The number of carbonyl (C=O) groups excluding carboxylic acids is 1. The Labute approximate surface area is 85.9 Å². The molecule has 0 saturated heterocycles. The summed E-state index contributed by atoms with van der Waals surface area (Å²) in [4.78, 5) is 12.9. The van der Waals surface area contributed by atoms with Gasteiger partial charge in [0.15, 0.2) is 0 Å². The first-order valence-electron chi connectivity index (χ1n) is 5.26. The fourth-order valence-corrected chi connectivity index (χ4v) is 0.826. The zero-order valence-electron chi connectivity index (χ0n) is 10.7. The van der Waals surface area contributed by atoms with Gasteiger partial charge in [0.1, 0.15) is 0 Å². The third-order valence-corrected chi connectivity index (χ3v) is 1.61. The van der Waals surface area contributed by atoms with E-state index in [9.17, 15) is 4.79 Å². The normalized spacial score (nSPS) is 14.2. The summed E-state index contributed by atoms with van der Waals surface area (Å²) in [5, 5.41) is 0. The minimum atomic E-state index is -0.537. The molecule has 0 aromatic heterocycles. The number of halogens is 1. The minimum absolute atomic E-state index is 0.0674. The Kier molecular flexibility index (Phi) is 1.55. The van der Waals surface area contributed by atoms with Crippen molar-refractivity contribution in [1.82, 2.24) is 4.90 Å². The lowest BCUT2D eigenvalue weighted by Gasteiger charge is -2.09. The monoisotopic (exact) mass is 231 g/mol. The molecule has 0 spiro atoms. The molecule has 1 amide bonds. The van der Waals surface area contributed by atoms with Gasteiger partial charge in [-0.25, -0.2) is 0 Å². The number of rotatable bonds is 1. The molecule has 64 valence electrons. The zero-order valence-corrected chi connectivity index (χ0v) is 8.32. The molecule has 0 saturated carbocycles. The van der Waals surface area contributed by atoms with Gasteiger partial charge >= 0.3 is 0 Å². The van der Waals surface area contributed by atoms with Crippen molar-refractivity contribution < 1.29 is 10.3 Å². The van der Waals surface area contributed by atoms with Crippen molar-refractivity contribution in [1.29, 1.82) is 0 Å². The van der Waals surface area contributed by atoms with Gasteiger partial charge in [0, 0.05) is 24.1 Å². The maximum atomic E-state index is 11.7. The van der Waals surface area contributed by atoms with Crippen LogP contribution in [0.3, 0.4) is 0 Å². The molecule has 0 aliphatic rings. The van der Waals surface area contributed by atoms with Gasteiger partial charge in [0.2, 0.25) is 0 Å². The van der Waals surface area contributed by atoms with Gasteiger partial charge in [0.05, 0.1) is 5.48 Å². The highest BCUT2D eigenvalue weighted by Gasteiger charge is 2.05. The predicted molar refractivity (Wildman–Crippen MR) is 52.2 cm³/mol. The van der Waals surface area contributed by atoms with Crippen LogP contribution in [0.1, 0.15) is 15.8 Å². The van der Waals surface area contributed by atoms with Crippen LogP contribution < -0.4 is 0 Å². The Morgan fingerprint density at radius 3 is 2.33 bits per heavy atom. The molecule has 0 unspecified atom stereocenters. The van der Waals surface area contributed by atoms with E-state index in [1.54, 1.807) is 0 Å². The maximum absolute atomic E-state index is 11.7. The molecule has 0 fully saturated rings. The third kappa shape index (κ3) is 2.08. The SMILES string of the molecule is [2H]c1c([2H])c(C(=O)N(C)C)c([2H])c([2H])c1Br. The Morgan fingerprint density at radius 2 is 1.92 bits per heavy atom. The smallest absolute Gasteiger partial charge is 0.253 e. The second-order valence-electron chi connectivity index (χ2n) is 2.39. The van der Waals surface area contributed by atoms with Crippen LogP contribution in [0.15, 0.2) is 28.6 Å². The number of benzene rings is 1. The van der Waals surface area contributed by atoms with Gasteiger partial charge in [-0.2, -0.15) is 0 Å². The molecule has 0 atom stereocenters. The average Bonchev–Trinajstić information content (AvgIpc) is 2.23. The van der Waals surface area contributed by atoms with Gasteiger partial charge in [-0.1, -0.05) is 15.9 Å². The van der Waals surface area contributed by atoms with Crippen LogP contribution in [0, 0.1) is 0 Å². The van der Waals surface area contributed by atoms with E-state index in [0.29, 0.717) is 0 Å². The standard InChI is InChI=1S/C9H10BrNO/c1-11(2)9(12)7-3-5-8(10)6-4-7/h3-6H,1-2H3/i3D,4D,5D,6D. The molecule has 12 heavy (non-hydrogen) atoms. The second kappa shape index (κ2) is 3.72. The lowest BCUT2D eigenvalue weighted by molar-refractivity contribution is 0.0827. The number of hydrogen-bond acceptors (Lipinski definition) is 1. The predicted octanol–water partition coefficient (Wildman–Crippen LogP) is 2.15. The zero-order chi connectivity index (χ0) is 12.6. The first-order valence-corrected chi connectivity index (χ1v) is 4.05. The average molecular weight is 232 g/mol. The van der Waals surface area contributed by atoms with Crippen LogP contribution in [-0.4, -0.2) is 24.9 Å². The summed E-state index contributed by atoms with van der Waals surface area (Å²) >= 11 is 2.96. The van der Waals surface area contributed by atoms with E-state index >= 15 is 0 Å². The van der Waals surface area contributed by atoms with E-state index < -0.39 is 5.91 Å². The molecule has 0 aliphatic carbocycles. The second-order valence-corrected chi connectivity index (χ2v) is 3.18. The highest BCUT2D eigenvalue weighted by molar-refractivity contribution is 9.10. The van der Waals surface area contributed by atoms with Crippen molar-refractivity contribution in [3.63, 3.8) is 0 Å². The molecule has 2 nitrogen and oxygen atoms in total. The van der Waals surface area contributed by atoms with Gasteiger partial charge < -0.3 is 4.90 Å². The van der Waals surface area contributed by atoms with Crippen molar-refractivity contribution in [2.75, 3.05) is 14.1 Å². The van der Waals surface area contributed by atoms with Gasteiger partial charge in [-0.3, -0.25) is 4.79 Å². The summed E-state index contributed by atoms with van der Waals surface area (Å²) in [5.41, 5.74) is -0.205. The Morgan fingerprint density at radius 1 is 1.42 bits per heavy atom. The molecule has 3 heteroatoms. The van der Waals surface area contributed by atoms with Crippen LogP contribution in [0.25, 0.3) is 0 Å². The maximum Gasteiger partial charge on any atom is 0.253 e. The van der Waals surface area contributed by atoms with Crippen molar-refractivity contribution in [2.24, 2.45) is 0 Å². The quantitative estimate of drug-likeness (QED) is 0.726. The van der Waals surface area contributed by atoms with Gasteiger partial charge in [0.25, 0.3) is 5.91 Å². The summed E-state index contributed by atoms with van der Waals surface area (Å²) in [7, 11) is 2.99. The van der Waals surface area contributed by atoms with Crippen molar-refractivity contribution in [2.45, 2.75) is 0 Å². The molecular weight excluding hydrogens is 218 g/mol. The largest absolute Gasteiger partial charge is 0.345 e. The van der Waals surface area contributed by atoms with Crippen molar-refractivity contribution >= 4 is 21.8 Å². The van der Waals surface area contributed by atoms with Gasteiger partial charge in [-0.15, -0.1) is 0 Å². The molecule has 0 radical (unpaired) electrons. The number of nitrogens with zero attached hydrogens (tertiary/aromatic N) is 1. The number of hydrogen-bond donors (Lipinski definition) is 0. The summed E-state index contributed by atoms with van der Waals surface area (Å²) in [6, 6.07) is -1.14. The van der Waals surface area contributed by atoms with Gasteiger partial charge in [-0.05, 0) is 24.2 Å². The summed E-state index contributed by atoms with van der Waals surface area (Å²) in [6.45, 7) is 0. The van der Waals surface area contributed by atoms with E-state index in [-0.39, 0.29) is 34.2 Å². The minimum Gasteiger partial charge on any atom is -0.345 e. The number of carbonyl (C=O) groups is 1. The first-order chi connectivity index (χ1) is 7.29. The Hall–Kier alpha value is -0.830. The van der Waals surface area contributed by atoms with E-state index in [2.05, 4.69) is 15.9 Å². The number of amides is 1. The summed E-state index contributed by atoms with van der Waals surface area (Å²) in [6.07, 6.45) is 0. The Balaban J connectivity index is 3.58. The van der Waals surface area contributed by atoms with E-state index in [1.165, 1.54) is 19.0 Å². The fourth-order valence-electron chi connectivity index (χ4n) is 0.628. The molecular formula is C9H10BrNO. The first kappa shape index (κ1) is 5.02. The highest BCUT2D eigenvalue weighted by atomic mass is 79.9. The Bertz CT molecular complexity index is 432. The summed E-state index contributed by atoms with van der Waals surface area (Å²) in [5.74, 6) is -0.537. The summed E-state index contributed by atoms with van der Waals surface area (Å²) < 4.78 is 30.4. The third-order valence-electron chi connectivity index (χ3n) is 1.21. The topological polar surface area (TPSA) is 20.3 Å². The molecule has 1 rings (SSSR count). The van der Waals surface area contributed by atoms with E-state index in [0.717, 1.165) is 0 Å². The van der Waals surface area contributed by atoms with Crippen LogP contribution in [0.5, 0.6) is 0 Å².